The highest BCUT2D eigenvalue weighted by Crippen LogP contribution is 2.33. The molecular formula is C28H32N2O7. The monoisotopic (exact) mass is 508 g/mol. The van der Waals surface area contributed by atoms with Crippen LogP contribution < -0.4 is 14.4 Å². The van der Waals surface area contributed by atoms with Crippen molar-refractivity contribution < 1.29 is 33.4 Å². The Bertz CT molecular complexity index is 1190. The third-order valence-electron chi connectivity index (χ3n) is 6.48. The van der Waals surface area contributed by atoms with Gasteiger partial charge in [0.2, 0.25) is 5.91 Å². The maximum atomic E-state index is 13.1. The summed E-state index contributed by atoms with van der Waals surface area (Å²) in [7, 11) is 0. The van der Waals surface area contributed by atoms with Crippen molar-refractivity contribution in [2.75, 3.05) is 44.4 Å². The fourth-order valence-electron chi connectivity index (χ4n) is 4.69. The molecule has 0 bridgehead atoms. The summed E-state index contributed by atoms with van der Waals surface area (Å²) in [5.41, 5.74) is 2.78. The van der Waals surface area contributed by atoms with Crippen molar-refractivity contribution in [3.63, 3.8) is 0 Å². The summed E-state index contributed by atoms with van der Waals surface area (Å²) in [6.45, 7) is 6.15. The van der Waals surface area contributed by atoms with Crippen molar-refractivity contribution in [2.24, 2.45) is 5.92 Å². The highest BCUT2D eigenvalue weighted by atomic mass is 16.5. The van der Waals surface area contributed by atoms with Crippen LogP contribution >= 0.6 is 0 Å². The summed E-state index contributed by atoms with van der Waals surface area (Å²) in [6.07, 6.45) is 1.35. The maximum Gasteiger partial charge on any atom is 0.310 e. The quantitative estimate of drug-likeness (QED) is 0.399. The van der Waals surface area contributed by atoms with Crippen molar-refractivity contribution in [3.8, 4) is 11.5 Å². The van der Waals surface area contributed by atoms with Gasteiger partial charge in [0.25, 0.3) is 5.91 Å². The lowest BCUT2D eigenvalue weighted by atomic mass is 9.98. The van der Waals surface area contributed by atoms with Crippen LogP contribution in [0.1, 0.15) is 41.3 Å². The molecule has 1 atom stereocenters. The van der Waals surface area contributed by atoms with Gasteiger partial charge in [0.1, 0.15) is 18.0 Å². The number of ketones is 1. The number of hydrogen-bond donors (Lipinski definition) is 0. The normalized spacial score (nSPS) is 17.1. The Labute approximate surface area is 216 Å². The van der Waals surface area contributed by atoms with Gasteiger partial charge in [0, 0.05) is 18.7 Å². The summed E-state index contributed by atoms with van der Waals surface area (Å²) in [6, 6.07) is 10.5. The predicted octanol–water partition coefficient (Wildman–Crippen LogP) is 3.09. The van der Waals surface area contributed by atoms with Crippen LogP contribution in [0, 0.1) is 19.8 Å². The Hall–Kier alpha value is -3.88. The molecule has 2 aliphatic heterocycles. The van der Waals surface area contributed by atoms with Crippen LogP contribution in [0.2, 0.25) is 0 Å². The van der Waals surface area contributed by atoms with Gasteiger partial charge < -0.3 is 19.1 Å². The zero-order valence-electron chi connectivity index (χ0n) is 21.5. The molecule has 0 spiro atoms. The molecule has 1 fully saturated rings. The number of aryl methyl sites for hydroxylation is 2. The zero-order valence-corrected chi connectivity index (χ0v) is 21.5. The number of hydrogen-bond acceptors (Lipinski definition) is 7. The number of Topliss-reactive ketones (excluding diaryl/α,β-unsaturated/α-hetero) is 1. The van der Waals surface area contributed by atoms with Gasteiger partial charge in [0.05, 0.1) is 18.2 Å². The second kappa shape index (κ2) is 11.5. The SMILES string of the molecule is CCOC(=O)C1CCCN(C(=O)CN2C(=O)COc3ccc(C(=O)COc4cc(C)cc(C)c4)cc32)C1. The second-order valence-corrected chi connectivity index (χ2v) is 9.42. The molecule has 2 heterocycles. The van der Waals surface area contributed by atoms with E-state index < -0.39 is 0 Å². The molecule has 4 rings (SSSR count). The van der Waals surface area contributed by atoms with E-state index in [9.17, 15) is 19.2 Å². The molecule has 0 radical (unpaired) electrons. The summed E-state index contributed by atoms with van der Waals surface area (Å²) in [5, 5.41) is 0. The van der Waals surface area contributed by atoms with Crippen molar-refractivity contribution in [1.82, 2.24) is 4.90 Å². The number of piperidine rings is 1. The molecule has 0 aliphatic carbocycles. The summed E-state index contributed by atoms with van der Waals surface area (Å²) >= 11 is 0. The first-order valence-electron chi connectivity index (χ1n) is 12.5. The lowest BCUT2D eigenvalue weighted by Crippen LogP contribution is -2.49. The minimum absolute atomic E-state index is 0.168. The first-order chi connectivity index (χ1) is 17.7. The first-order valence-corrected chi connectivity index (χ1v) is 12.5. The third-order valence-corrected chi connectivity index (χ3v) is 6.48. The van der Waals surface area contributed by atoms with Crippen LogP contribution in [0.25, 0.3) is 0 Å². The van der Waals surface area contributed by atoms with Crippen molar-refractivity contribution >= 4 is 29.3 Å². The highest BCUT2D eigenvalue weighted by molar-refractivity contribution is 6.04. The van der Waals surface area contributed by atoms with Gasteiger partial charge in [0.15, 0.2) is 19.0 Å². The summed E-state index contributed by atoms with van der Waals surface area (Å²) < 4.78 is 16.4. The molecule has 2 amide bonds. The van der Waals surface area contributed by atoms with E-state index in [-0.39, 0.29) is 55.8 Å². The second-order valence-electron chi connectivity index (χ2n) is 9.42. The van der Waals surface area contributed by atoms with Gasteiger partial charge in [-0.05, 0) is 75.1 Å². The predicted molar refractivity (Wildman–Crippen MR) is 136 cm³/mol. The lowest BCUT2D eigenvalue weighted by Gasteiger charge is -2.34. The molecule has 1 unspecified atom stereocenters. The van der Waals surface area contributed by atoms with E-state index in [1.165, 1.54) is 4.90 Å². The minimum atomic E-state index is -0.379. The Morgan fingerprint density at radius 2 is 1.84 bits per heavy atom. The van der Waals surface area contributed by atoms with Crippen LogP contribution in [0.5, 0.6) is 11.5 Å². The van der Waals surface area contributed by atoms with E-state index in [0.29, 0.717) is 48.7 Å². The smallest absolute Gasteiger partial charge is 0.310 e. The number of ether oxygens (including phenoxy) is 3. The van der Waals surface area contributed by atoms with Gasteiger partial charge in [-0.3, -0.25) is 24.1 Å². The Kier molecular flexibility index (Phi) is 8.11. The first kappa shape index (κ1) is 26.2. The van der Waals surface area contributed by atoms with Crippen molar-refractivity contribution in [2.45, 2.75) is 33.6 Å². The van der Waals surface area contributed by atoms with Crippen molar-refractivity contribution in [3.05, 3.63) is 53.1 Å². The van der Waals surface area contributed by atoms with E-state index in [4.69, 9.17) is 14.2 Å². The van der Waals surface area contributed by atoms with Gasteiger partial charge >= 0.3 is 5.97 Å². The maximum absolute atomic E-state index is 13.1. The van der Waals surface area contributed by atoms with E-state index in [1.807, 2.05) is 32.0 Å². The number of benzene rings is 2. The highest BCUT2D eigenvalue weighted by Gasteiger charge is 2.33. The topological polar surface area (TPSA) is 102 Å². The Morgan fingerprint density at radius 1 is 1.08 bits per heavy atom. The molecule has 9 heteroatoms. The van der Waals surface area contributed by atoms with Crippen molar-refractivity contribution in [1.29, 1.82) is 0 Å². The van der Waals surface area contributed by atoms with E-state index in [0.717, 1.165) is 11.1 Å². The van der Waals surface area contributed by atoms with Crippen LogP contribution in [0.3, 0.4) is 0 Å². The molecule has 1 saturated heterocycles. The van der Waals surface area contributed by atoms with E-state index in [2.05, 4.69) is 0 Å². The average Bonchev–Trinajstić information content (AvgIpc) is 2.88. The van der Waals surface area contributed by atoms with E-state index in [1.54, 1.807) is 30.0 Å². The summed E-state index contributed by atoms with van der Waals surface area (Å²) in [5.74, 6) is -0.564. The lowest BCUT2D eigenvalue weighted by molar-refractivity contribution is -0.151. The molecule has 0 aromatic heterocycles. The number of likely N-dealkylation sites (tertiary alicyclic amines) is 1. The standard InChI is InChI=1S/C28H32N2O7/c1-4-35-28(34)21-6-5-9-29(14-21)26(32)15-30-23-13-20(7-8-25(23)37-17-27(30)33)24(31)16-36-22-11-18(2)10-19(3)12-22/h7-8,10-13,21H,4-6,9,14-17H2,1-3H3. The zero-order chi connectivity index (χ0) is 26.5. The van der Waals surface area contributed by atoms with Crippen LogP contribution in [-0.2, 0) is 19.1 Å². The van der Waals surface area contributed by atoms with Gasteiger partial charge in [-0.15, -0.1) is 0 Å². The molecule has 2 aromatic rings. The van der Waals surface area contributed by atoms with Gasteiger partial charge in [-0.2, -0.15) is 0 Å². The van der Waals surface area contributed by atoms with Gasteiger partial charge in [-0.1, -0.05) is 6.07 Å². The number of anilines is 1. The fourth-order valence-corrected chi connectivity index (χ4v) is 4.69. The number of rotatable bonds is 8. The minimum Gasteiger partial charge on any atom is -0.485 e. The molecular weight excluding hydrogens is 476 g/mol. The summed E-state index contributed by atoms with van der Waals surface area (Å²) in [4.78, 5) is 53.9. The average molecular weight is 509 g/mol. The third kappa shape index (κ3) is 6.28. The Morgan fingerprint density at radius 3 is 2.57 bits per heavy atom. The number of carbonyl (C=O) groups is 4. The number of carbonyl (C=O) groups excluding carboxylic acids is 4. The molecule has 37 heavy (non-hydrogen) atoms. The van der Waals surface area contributed by atoms with E-state index >= 15 is 0 Å². The van der Waals surface area contributed by atoms with Crippen LogP contribution in [0.4, 0.5) is 5.69 Å². The molecule has 196 valence electrons. The number of amides is 2. The van der Waals surface area contributed by atoms with Crippen LogP contribution in [-0.4, -0.2) is 67.9 Å². The number of nitrogens with zero attached hydrogens (tertiary/aromatic N) is 2. The molecule has 2 aromatic carbocycles. The number of fused-ring (bicyclic) bond motifs is 1. The largest absolute Gasteiger partial charge is 0.485 e. The number of esters is 1. The fraction of sp³-hybridized carbons (Fsp3) is 0.429. The van der Waals surface area contributed by atoms with Crippen LogP contribution in [0.15, 0.2) is 36.4 Å². The Balaban J connectivity index is 1.46. The van der Waals surface area contributed by atoms with Gasteiger partial charge in [-0.25, -0.2) is 0 Å². The molecule has 0 saturated carbocycles. The molecule has 2 aliphatic rings. The molecule has 9 nitrogen and oxygen atoms in total. The molecule has 0 N–H and O–H groups in total.